The number of amides is 1. The number of nitrogens with one attached hydrogen (secondary N) is 1. The standard InChI is InChI=1S/C26H30N4O3/c1-32-24-8-4-5-9-25(24)33-18-21-16-22(28-27-21)20-11-14-30(17-20)26(31)12-15-29-13-10-19-6-2-3-7-23(19)29/h2-9,16,20H,10-15,17-18H2,1H3,(H,27,28)/t20-/m0/s1. The van der Waals surface area contributed by atoms with Gasteiger partial charge in [-0.25, -0.2) is 0 Å². The van der Waals surface area contributed by atoms with E-state index >= 15 is 0 Å². The maximum absolute atomic E-state index is 12.9. The first-order valence-corrected chi connectivity index (χ1v) is 11.6. The number of aromatic nitrogens is 2. The summed E-state index contributed by atoms with van der Waals surface area (Å²) in [5.41, 5.74) is 4.57. The summed E-state index contributed by atoms with van der Waals surface area (Å²) in [6.07, 6.45) is 2.56. The highest BCUT2D eigenvalue weighted by Crippen LogP contribution is 2.30. The van der Waals surface area contributed by atoms with Crippen LogP contribution in [0.25, 0.3) is 0 Å². The minimum Gasteiger partial charge on any atom is -0.493 e. The Morgan fingerprint density at radius 1 is 1.12 bits per heavy atom. The Kier molecular flexibility index (Phi) is 6.19. The van der Waals surface area contributed by atoms with E-state index in [-0.39, 0.29) is 11.8 Å². The Morgan fingerprint density at radius 3 is 2.82 bits per heavy atom. The number of hydrogen-bond acceptors (Lipinski definition) is 5. The molecule has 0 spiro atoms. The minimum absolute atomic E-state index is 0.233. The predicted octanol–water partition coefficient (Wildman–Crippen LogP) is 3.77. The van der Waals surface area contributed by atoms with Crippen LogP contribution in [0, 0.1) is 0 Å². The number of hydrogen-bond donors (Lipinski definition) is 1. The van der Waals surface area contributed by atoms with Gasteiger partial charge in [-0.05, 0) is 42.7 Å². The summed E-state index contributed by atoms with van der Waals surface area (Å²) in [4.78, 5) is 17.2. The molecular formula is C26H30N4O3. The zero-order chi connectivity index (χ0) is 22.6. The van der Waals surface area contributed by atoms with Gasteiger partial charge in [-0.3, -0.25) is 9.89 Å². The molecule has 0 unspecified atom stereocenters. The SMILES string of the molecule is COc1ccccc1OCc1cc([C@H]2CCN(C(=O)CCN3CCc4ccccc43)C2)n[nH]1. The molecule has 1 atom stereocenters. The van der Waals surface area contributed by atoms with Gasteiger partial charge in [0.2, 0.25) is 5.91 Å². The lowest BCUT2D eigenvalue weighted by atomic mass is 10.1. The van der Waals surface area contributed by atoms with Crippen molar-refractivity contribution in [2.75, 3.05) is 38.2 Å². The van der Waals surface area contributed by atoms with Crippen LogP contribution in [0.15, 0.2) is 54.6 Å². The molecule has 5 rings (SSSR count). The lowest BCUT2D eigenvalue weighted by molar-refractivity contribution is -0.129. The number of rotatable bonds is 8. The molecule has 2 aliphatic heterocycles. The second-order valence-electron chi connectivity index (χ2n) is 8.70. The fraction of sp³-hybridized carbons (Fsp3) is 0.385. The summed E-state index contributed by atoms with van der Waals surface area (Å²) >= 11 is 0. The molecule has 1 saturated heterocycles. The monoisotopic (exact) mass is 446 g/mol. The van der Waals surface area contributed by atoms with Crippen LogP contribution >= 0.6 is 0 Å². The maximum atomic E-state index is 12.9. The highest BCUT2D eigenvalue weighted by atomic mass is 16.5. The van der Waals surface area contributed by atoms with Gasteiger partial charge in [-0.15, -0.1) is 0 Å². The molecule has 1 fully saturated rings. The Hall–Kier alpha value is -3.48. The fourth-order valence-corrected chi connectivity index (χ4v) is 4.81. The highest BCUT2D eigenvalue weighted by molar-refractivity contribution is 5.77. The van der Waals surface area contributed by atoms with Gasteiger partial charge in [0, 0.05) is 44.2 Å². The summed E-state index contributed by atoms with van der Waals surface area (Å²) in [6.45, 7) is 3.69. The van der Waals surface area contributed by atoms with Crippen LogP contribution in [0.5, 0.6) is 11.5 Å². The van der Waals surface area contributed by atoms with Crippen LogP contribution in [0.1, 0.15) is 35.7 Å². The molecule has 7 nitrogen and oxygen atoms in total. The Balaban J connectivity index is 1.12. The van der Waals surface area contributed by atoms with Gasteiger partial charge in [0.15, 0.2) is 11.5 Å². The molecular weight excluding hydrogens is 416 g/mol. The van der Waals surface area contributed by atoms with Crippen LogP contribution in [0.4, 0.5) is 5.69 Å². The second-order valence-corrected chi connectivity index (χ2v) is 8.70. The van der Waals surface area contributed by atoms with E-state index in [2.05, 4.69) is 45.4 Å². The number of H-pyrrole nitrogens is 1. The van der Waals surface area contributed by atoms with E-state index in [0.29, 0.717) is 24.5 Å². The normalized spacial score (nSPS) is 17.3. The average Bonchev–Trinajstić information content (AvgIpc) is 3.61. The van der Waals surface area contributed by atoms with Gasteiger partial charge < -0.3 is 19.3 Å². The molecule has 172 valence electrons. The van der Waals surface area contributed by atoms with Crippen molar-refractivity contribution in [3.05, 3.63) is 71.5 Å². The van der Waals surface area contributed by atoms with Crippen molar-refractivity contribution < 1.29 is 14.3 Å². The molecule has 0 bridgehead atoms. The van der Waals surface area contributed by atoms with Crippen molar-refractivity contribution >= 4 is 11.6 Å². The van der Waals surface area contributed by atoms with E-state index in [1.54, 1.807) is 7.11 Å². The molecule has 2 aliphatic rings. The van der Waals surface area contributed by atoms with Crippen molar-refractivity contribution in [3.63, 3.8) is 0 Å². The average molecular weight is 447 g/mol. The van der Waals surface area contributed by atoms with Gasteiger partial charge in [0.05, 0.1) is 18.5 Å². The van der Waals surface area contributed by atoms with E-state index in [4.69, 9.17) is 9.47 Å². The Bertz CT molecular complexity index is 1110. The topological polar surface area (TPSA) is 70.7 Å². The fourth-order valence-electron chi connectivity index (χ4n) is 4.81. The molecule has 0 saturated carbocycles. The minimum atomic E-state index is 0.233. The molecule has 3 heterocycles. The van der Waals surface area contributed by atoms with Gasteiger partial charge in [-0.1, -0.05) is 30.3 Å². The molecule has 0 radical (unpaired) electrons. The first-order valence-electron chi connectivity index (χ1n) is 11.6. The van der Waals surface area contributed by atoms with Crippen LogP contribution in [-0.2, 0) is 17.8 Å². The summed E-state index contributed by atoms with van der Waals surface area (Å²) in [7, 11) is 1.63. The summed E-state index contributed by atoms with van der Waals surface area (Å²) in [5, 5.41) is 7.58. The largest absolute Gasteiger partial charge is 0.493 e. The quantitative estimate of drug-likeness (QED) is 0.571. The molecule has 1 amide bonds. The molecule has 1 N–H and O–H groups in total. The third-order valence-corrected chi connectivity index (χ3v) is 6.64. The first-order chi connectivity index (χ1) is 16.2. The summed E-state index contributed by atoms with van der Waals surface area (Å²) in [6, 6.07) is 18.1. The molecule has 2 aromatic carbocycles. The van der Waals surface area contributed by atoms with Gasteiger partial charge in [0.1, 0.15) is 6.61 Å². The lowest BCUT2D eigenvalue weighted by Crippen LogP contribution is -2.32. The summed E-state index contributed by atoms with van der Waals surface area (Å²) in [5.74, 6) is 1.91. The van der Waals surface area contributed by atoms with E-state index in [1.165, 1.54) is 11.3 Å². The smallest absolute Gasteiger partial charge is 0.224 e. The molecule has 7 heteroatoms. The van der Waals surface area contributed by atoms with E-state index in [0.717, 1.165) is 50.4 Å². The Morgan fingerprint density at radius 2 is 1.94 bits per heavy atom. The van der Waals surface area contributed by atoms with Crippen molar-refractivity contribution in [2.45, 2.75) is 31.8 Å². The number of carbonyl (C=O) groups is 1. The molecule has 33 heavy (non-hydrogen) atoms. The predicted molar refractivity (Wildman–Crippen MR) is 127 cm³/mol. The third kappa shape index (κ3) is 4.67. The first kappa shape index (κ1) is 21.4. The van der Waals surface area contributed by atoms with E-state index in [9.17, 15) is 4.79 Å². The zero-order valence-corrected chi connectivity index (χ0v) is 19.0. The van der Waals surface area contributed by atoms with Gasteiger partial charge in [0.25, 0.3) is 0 Å². The Labute approximate surface area is 194 Å². The zero-order valence-electron chi connectivity index (χ0n) is 19.0. The van der Waals surface area contributed by atoms with Crippen molar-refractivity contribution in [1.82, 2.24) is 15.1 Å². The van der Waals surface area contributed by atoms with Crippen molar-refractivity contribution in [1.29, 1.82) is 0 Å². The van der Waals surface area contributed by atoms with Crippen LogP contribution in [0.2, 0.25) is 0 Å². The molecule has 3 aromatic rings. The van der Waals surface area contributed by atoms with Crippen molar-refractivity contribution in [2.24, 2.45) is 0 Å². The van der Waals surface area contributed by atoms with Crippen LogP contribution < -0.4 is 14.4 Å². The number of anilines is 1. The molecule has 0 aliphatic carbocycles. The van der Waals surface area contributed by atoms with Gasteiger partial charge in [-0.2, -0.15) is 5.10 Å². The van der Waals surface area contributed by atoms with E-state index < -0.39 is 0 Å². The number of nitrogens with zero attached hydrogens (tertiary/aromatic N) is 3. The summed E-state index contributed by atoms with van der Waals surface area (Å²) < 4.78 is 11.2. The van der Waals surface area contributed by atoms with Gasteiger partial charge >= 0.3 is 0 Å². The number of para-hydroxylation sites is 3. The number of ether oxygens (including phenoxy) is 2. The number of fused-ring (bicyclic) bond motifs is 1. The lowest BCUT2D eigenvalue weighted by Gasteiger charge is -2.21. The number of aromatic amines is 1. The second kappa shape index (κ2) is 9.57. The number of likely N-dealkylation sites (tertiary alicyclic amines) is 1. The number of methoxy groups -OCH3 is 1. The number of benzene rings is 2. The number of carbonyl (C=O) groups excluding carboxylic acids is 1. The third-order valence-electron chi connectivity index (χ3n) is 6.64. The van der Waals surface area contributed by atoms with E-state index in [1.807, 2.05) is 29.2 Å². The van der Waals surface area contributed by atoms with Crippen LogP contribution in [0.3, 0.4) is 0 Å². The molecule has 1 aromatic heterocycles. The van der Waals surface area contributed by atoms with Crippen molar-refractivity contribution in [3.8, 4) is 11.5 Å². The van der Waals surface area contributed by atoms with Crippen LogP contribution in [-0.4, -0.2) is 54.3 Å². The highest BCUT2D eigenvalue weighted by Gasteiger charge is 2.29. The maximum Gasteiger partial charge on any atom is 0.224 e.